The second-order valence-corrected chi connectivity index (χ2v) is 7.18. The van der Waals surface area contributed by atoms with E-state index >= 15 is 0 Å². The number of carbonyl (C=O) groups excluding carboxylic acids is 2. The molecule has 2 atom stereocenters. The van der Waals surface area contributed by atoms with Gasteiger partial charge in [-0.1, -0.05) is 26.0 Å². The number of hydrogen-bond donors (Lipinski definition) is 2. The first-order chi connectivity index (χ1) is 12.9. The quantitative estimate of drug-likeness (QED) is 0.764. The average Bonchev–Trinajstić information content (AvgIpc) is 3.10. The molecule has 1 aliphatic rings. The second-order valence-electron chi connectivity index (χ2n) is 7.18. The number of urea groups is 1. The topological polar surface area (TPSA) is 79.9 Å². The highest BCUT2D eigenvalue weighted by molar-refractivity contribution is 5.83. The van der Waals surface area contributed by atoms with Crippen LogP contribution in [0, 0.1) is 11.8 Å². The van der Waals surface area contributed by atoms with Crippen LogP contribution in [0.4, 0.5) is 4.79 Å². The summed E-state index contributed by atoms with van der Waals surface area (Å²) in [6, 6.07) is 5.50. The van der Waals surface area contributed by atoms with Gasteiger partial charge in [-0.2, -0.15) is 0 Å². The molecular weight excluding hydrogens is 346 g/mol. The minimum Gasteiger partial charge on any atom is -0.493 e. The number of methoxy groups -OCH3 is 2. The van der Waals surface area contributed by atoms with Crippen molar-refractivity contribution in [2.24, 2.45) is 11.8 Å². The van der Waals surface area contributed by atoms with Crippen LogP contribution in [0.3, 0.4) is 0 Å². The number of nitrogens with one attached hydrogen (secondary N) is 2. The van der Waals surface area contributed by atoms with E-state index in [2.05, 4.69) is 24.5 Å². The molecule has 0 aliphatic carbocycles. The first-order valence-electron chi connectivity index (χ1n) is 9.44. The van der Waals surface area contributed by atoms with Crippen molar-refractivity contribution in [3.63, 3.8) is 0 Å². The van der Waals surface area contributed by atoms with Gasteiger partial charge < -0.3 is 25.0 Å². The molecule has 3 amide bonds. The van der Waals surface area contributed by atoms with Crippen LogP contribution in [-0.4, -0.2) is 57.2 Å². The fourth-order valence-corrected chi connectivity index (χ4v) is 3.45. The van der Waals surface area contributed by atoms with Crippen molar-refractivity contribution in [2.75, 3.05) is 40.4 Å². The van der Waals surface area contributed by atoms with E-state index in [1.54, 1.807) is 19.1 Å². The second kappa shape index (κ2) is 9.48. The fourth-order valence-electron chi connectivity index (χ4n) is 3.45. The van der Waals surface area contributed by atoms with Crippen molar-refractivity contribution < 1.29 is 19.1 Å². The number of likely N-dealkylation sites (tertiary alicyclic amines) is 1. The smallest absolute Gasteiger partial charge is 0.317 e. The molecule has 0 spiro atoms. The Morgan fingerprint density at radius 1 is 1.19 bits per heavy atom. The number of carbonyl (C=O) groups is 2. The third-order valence-electron chi connectivity index (χ3n) is 4.79. The Bertz CT molecular complexity index is 663. The standard InChI is InChI=1S/C20H31N3O4/c1-6-21-20(25)23-11-15(16(12-23)19(24)22-10-13(2)3)14-8-7-9-17(26-4)18(14)27-5/h7-9,13,15-16H,6,10-12H2,1-5H3,(H,21,25)(H,22,24). The molecule has 1 aliphatic heterocycles. The summed E-state index contributed by atoms with van der Waals surface area (Å²) in [5, 5.41) is 5.83. The molecule has 1 heterocycles. The van der Waals surface area contributed by atoms with E-state index in [1.807, 2.05) is 25.1 Å². The van der Waals surface area contributed by atoms with E-state index in [4.69, 9.17) is 9.47 Å². The molecule has 2 rings (SSSR count). The number of rotatable bonds is 7. The third kappa shape index (κ3) is 4.84. The fraction of sp³-hybridized carbons (Fsp3) is 0.600. The van der Waals surface area contributed by atoms with Gasteiger partial charge in [0, 0.05) is 37.7 Å². The van der Waals surface area contributed by atoms with Crippen molar-refractivity contribution in [3.8, 4) is 11.5 Å². The molecule has 2 unspecified atom stereocenters. The van der Waals surface area contributed by atoms with Gasteiger partial charge in [0.15, 0.2) is 11.5 Å². The van der Waals surface area contributed by atoms with Gasteiger partial charge in [0.2, 0.25) is 5.91 Å². The van der Waals surface area contributed by atoms with Crippen molar-refractivity contribution in [3.05, 3.63) is 23.8 Å². The molecule has 1 fully saturated rings. The summed E-state index contributed by atoms with van der Waals surface area (Å²) in [5.74, 6) is 1.06. The van der Waals surface area contributed by atoms with Gasteiger partial charge in [0.25, 0.3) is 0 Å². The first kappa shape index (κ1) is 20.9. The molecule has 2 N–H and O–H groups in total. The third-order valence-corrected chi connectivity index (χ3v) is 4.79. The summed E-state index contributed by atoms with van der Waals surface area (Å²) in [6.45, 7) is 7.97. The SMILES string of the molecule is CCNC(=O)N1CC(C(=O)NCC(C)C)C(c2cccc(OC)c2OC)C1. The molecule has 7 nitrogen and oxygen atoms in total. The number of ether oxygens (including phenoxy) is 2. The van der Waals surface area contributed by atoms with E-state index < -0.39 is 0 Å². The molecule has 0 saturated carbocycles. The van der Waals surface area contributed by atoms with Crippen LogP contribution in [0.2, 0.25) is 0 Å². The predicted octanol–water partition coefficient (Wildman–Crippen LogP) is 2.22. The summed E-state index contributed by atoms with van der Waals surface area (Å²) in [7, 11) is 3.18. The largest absolute Gasteiger partial charge is 0.493 e. The van der Waals surface area contributed by atoms with Gasteiger partial charge in [-0.15, -0.1) is 0 Å². The molecule has 27 heavy (non-hydrogen) atoms. The molecule has 0 radical (unpaired) electrons. The number of amides is 3. The van der Waals surface area contributed by atoms with Crippen molar-refractivity contribution in [1.29, 1.82) is 0 Å². The normalized spacial score (nSPS) is 19.1. The van der Waals surface area contributed by atoms with E-state index in [0.29, 0.717) is 43.6 Å². The maximum atomic E-state index is 12.9. The summed E-state index contributed by atoms with van der Waals surface area (Å²) in [6.07, 6.45) is 0. The Morgan fingerprint density at radius 2 is 1.93 bits per heavy atom. The Balaban J connectivity index is 2.34. The lowest BCUT2D eigenvalue weighted by Gasteiger charge is -2.22. The minimum absolute atomic E-state index is 0.0367. The lowest BCUT2D eigenvalue weighted by atomic mass is 9.87. The summed E-state index contributed by atoms with van der Waals surface area (Å²) >= 11 is 0. The van der Waals surface area contributed by atoms with Crippen molar-refractivity contribution in [1.82, 2.24) is 15.5 Å². The molecule has 0 bridgehead atoms. The van der Waals surface area contributed by atoms with E-state index in [-0.39, 0.29) is 23.8 Å². The van der Waals surface area contributed by atoms with Gasteiger partial charge in [0.05, 0.1) is 20.1 Å². The lowest BCUT2D eigenvalue weighted by molar-refractivity contribution is -0.125. The van der Waals surface area contributed by atoms with E-state index in [9.17, 15) is 9.59 Å². The van der Waals surface area contributed by atoms with Crippen LogP contribution in [-0.2, 0) is 4.79 Å². The van der Waals surface area contributed by atoms with Crippen LogP contribution < -0.4 is 20.1 Å². The Labute approximate surface area is 161 Å². The molecule has 150 valence electrons. The predicted molar refractivity (Wildman–Crippen MR) is 104 cm³/mol. The molecule has 0 aromatic heterocycles. The highest BCUT2D eigenvalue weighted by Gasteiger charge is 2.41. The van der Waals surface area contributed by atoms with Crippen molar-refractivity contribution >= 4 is 11.9 Å². The highest BCUT2D eigenvalue weighted by atomic mass is 16.5. The monoisotopic (exact) mass is 377 g/mol. The first-order valence-corrected chi connectivity index (χ1v) is 9.44. The number of para-hydroxylation sites is 1. The number of benzene rings is 1. The minimum atomic E-state index is -0.340. The van der Waals surface area contributed by atoms with Crippen LogP contribution in [0.5, 0.6) is 11.5 Å². The van der Waals surface area contributed by atoms with E-state index in [0.717, 1.165) is 5.56 Å². The van der Waals surface area contributed by atoms with Gasteiger partial charge in [0.1, 0.15) is 0 Å². The van der Waals surface area contributed by atoms with Gasteiger partial charge in [-0.05, 0) is 18.9 Å². The Morgan fingerprint density at radius 3 is 2.52 bits per heavy atom. The van der Waals surface area contributed by atoms with Crippen molar-refractivity contribution in [2.45, 2.75) is 26.7 Å². The number of hydrogen-bond acceptors (Lipinski definition) is 4. The molecule has 7 heteroatoms. The zero-order chi connectivity index (χ0) is 20.0. The molecule has 1 saturated heterocycles. The Hall–Kier alpha value is -2.44. The Kier molecular flexibility index (Phi) is 7.33. The van der Waals surface area contributed by atoms with Crippen LogP contribution >= 0.6 is 0 Å². The average molecular weight is 377 g/mol. The lowest BCUT2D eigenvalue weighted by Crippen LogP contribution is -2.40. The van der Waals surface area contributed by atoms with Gasteiger partial charge in [-0.25, -0.2) is 4.79 Å². The summed E-state index contributed by atoms with van der Waals surface area (Å²) < 4.78 is 11.0. The van der Waals surface area contributed by atoms with Gasteiger partial charge in [-0.3, -0.25) is 4.79 Å². The van der Waals surface area contributed by atoms with Gasteiger partial charge >= 0.3 is 6.03 Å². The maximum Gasteiger partial charge on any atom is 0.317 e. The summed E-state index contributed by atoms with van der Waals surface area (Å²) in [5.41, 5.74) is 0.883. The maximum absolute atomic E-state index is 12.9. The van der Waals surface area contributed by atoms with Crippen LogP contribution in [0.15, 0.2) is 18.2 Å². The number of nitrogens with zero attached hydrogens (tertiary/aromatic N) is 1. The molecule has 1 aromatic rings. The molecular formula is C20H31N3O4. The highest BCUT2D eigenvalue weighted by Crippen LogP contribution is 2.41. The summed E-state index contributed by atoms with van der Waals surface area (Å²) in [4.78, 5) is 26.9. The zero-order valence-electron chi connectivity index (χ0n) is 16.9. The molecule has 1 aromatic carbocycles. The van der Waals surface area contributed by atoms with Crippen LogP contribution in [0.25, 0.3) is 0 Å². The van der Waals surface area contributed by atoms with Crippen LogP contribution in [0.1, 0.15) is 32.3 Å². The zero-order valence-corrected chi connectivity index (χ0v) is 16.9. The van der Waals surface area contributed by atoms with E-state index in [1.165, 1.54) is 0 Å².